The third-order valence-corrected chi connectivity index (χ3v) is 6.30. The van der Waals surface area contributed by atoms with Crippen LogP contribution in [0.3, 0.4) is 0 Å². The molecule has 2 heterocycles. The van der Waals surface area contributed by atoms with Crippen molar-refractivity contribution in [3.8, 4) is 11.5 Å². The van der Waals surface area contributed by atoms with E-state index in [0.29, 0.717) is 29.5 Å². The van der Waals surface area contributed by atoms with E-state index in [0.717, 1.165) is 34.4 Å². The molecule has 1 aliphatic heterocycles. The molecule has 0 saturated heterocycles. The summed E-state index contributed by atoms with van der Waals surface area (Å²) in [5, 5.41) is 0. The van der Waals surface area contributed by atoms with Gasteiger partial charge in [-0.3, -0.25) is 4.79 Å². The lowest BCUT2D eigenvalue weighted by molar-refractivity contribution is -0.135. The number of thiophene rings is 1. The van der Waals surface area contributed by atoms with Crippen molar-refractivity contribution in [3.05, 3.63) is 44.6 Å². The number of fused-ring (bicyclic) bond motifs is 1. The van der Waals surface area contributed by atoms with Crippen LogP contribution in [0.25, 0.3) is 0 Å². The number of hydrogen-bond acceptors (Lipinski definition) is 6. The first kappa shape index (κ1) is 20.2. The maximum absolute atomic E-state index is 12.5. The predicted molar refractivity (Wildman–Crippen MR) is 107 cm³/mol. The van der Waals surface area contributed by atoms with Crippen LogP contribution in [0.2, 0.25) is 0 Å². The Morgan fingerprint density at radius 1 is 1.11 bits per heavy atom. The Kier molecular flexibility index (Phi) is 6.24. The second kappa shape index (κ2) is 8.65. The predicted octanol–water partition coefficient (Wildman–Crippen LogP) is 3.38. The Bertz CT molecular complexity index is 889. The zero-order valence-corrected chi connectivity index (χ0v) is 17.5. The van der Waals surface area contributed by atoms with Crippen molar-refractivity contribution in [1.29, 1.82) is 0 Å². The maximum atomic E-state index is 12.5. The summed E-state index contributed by atoms with van der Waals surface area (Å²) in [6.07, 6.45) is 1.60. The molecular weight excluding hydrogens is 378 g/mol. The van der Waals surface area contributed by atoms with Gasteiger partial charge in [0.2, 0.25) is 0 Å². The van der Waals surface area contributed by atoms with Crippen LogP contribution < -0.4 is 9.47 Å². The molecule has 6 nitrogen and oxygen atoms in total. The molecule has 0 atom stereocenters. The topological polar surface area (TPSA) is 65.1 Å². The van der Waals surface area contributed by atoms with Crippen molar-refractivity contribution in [2.24, 2.45) is 0 Å². The number of rotatable bonds is 6. The van der Waals surface area contributed by atoms with Gasteiger partial charge in [0, 0.05) is 18.0 Å². The molecule has 0 spiro atoms. The smallest absolute Gasteiger partial charge is 0.348 e. The molecule has 28 heavy (non-hydrogen) atoms. The Morgan fingerprint density at radius 2 is 1.79 bits per heavy atom. The number of amides is 1. The monoisotopic (exact) mass is 403 g/mol. The minimum Gasteiger partial charge on any atom is -0.493 e. The van der Waals surface area contributed by atoms with E-state index < -0.39 is 5.97 Å². The lowest BCUT2D eigenvalue weighted by atomic mass is 9.99. The molecule has 0 bridgehead atoms. The van der Waals surface area contributed by atoms with Crippen LogP contribution in [0, 0.1) is 6.92 Å². The molecule has 1 aromatic carbocycles. The van der Waals surface area contributed by atoms with Gasteiger partial charge in [0.15, 0.2) is 18.1 Å². The number of esters is 1. The number of aryl methyl sites for hydroxylation is 2. The number of nitrogens with zero attached hydrogens (tertiary/aromatic N) is 1. The van der Waals surface area contributed by atoms with Gasteiger partial charge in [-0.15, -0.1) is 11.3 Å². The summed E-state index contributed by atoms with van der Waals surface area (Å²) >= 11 is 1.43. The van der Waals surface area contributed by atoms with E-state index in [4.69, 9.17) is 14.2 Å². The van der Waals surface area contributed by atoms with Gasteiger partial charge < -0.3 is 19.1 Å². The highest BCUT2D eigenvalue weighted by molar-refractivity contribution is 7.14. The zero-order valence-electron chi connectivity index (χ0n) is 16.7. The first-order valence-electron chi connectivity index (χ1n) is 9.24. The van der Waals surface area contributed by atoms with Gasteiger partial charge in [0.05, 0.1) is 14.2 Å². The lowest BCUT2D eigenvalue weighted by Gasteiger charge is -2.29. The van der Waals surface area contributed by atoms with Gasteiger partial charge >= 0.3 is 5.97 Å². The van der Waals surface area contributed by atoms with Crippen molar-refractivity contribution < 1.29 is 23.8 Å². The third kappa shape index (κ3) is 4.14. The molecule has 150 valence electrons. The lowest BCUT2D eigenvalue weighted by Crippen LogP contribution is -2.38. The van der Waals surface area contributed by atoms with Crippen LogP contribution >= 0.6 is 11.3 Å². The standard InChI is InChI=1S/C21H25NO5S/c1-5-18-13(2)8-19(28-18)21(24)27-12-20(23)22-7-6-14-9-16(25-3)17(26-4)10-15(14)11-22/h8-10H,5-7,11-12H2,1-4H3. The molecule has 1 aliphatic rings. The summed E-state index contributed by atoms with van der Waals surface area (Å²) in [5.41, 5.74) is 3.24. The number of benzene rings is 1. The molecule has 0 N–H and O–H groups in total. The molecular formula is C21H25NO5S. The van der Waals surface area contributed by atoms with Crippen molar-refractivity contribution in [2.45, 2.75) is 33.2 Å². The van der Waals surface area contributed by atoms with E-state index in [-0.39, 0.29) is 12.5 Å². The van der Waals surface area contributed by atoms with E-state index in [1.54, 1.807) is 19.1 Å². The SMILES string of the molecule is CCc1sc(C(=O)OCC(=O)N2CCc3cc(OC)c(OC)cc3C2)cc1C. The first-order chi connectivity index (χ1) is 13.5. The number of methoxy groups -OCH3 is 2. The maximum Gasteiger partial charge on any atom is 0.348 e. The summed E-state index contributed by atoms with van der Waals surface area (Å²) in [5.74, 6) is 0.692. The van der Waals surface area contributed by atoms with Crippen LogP contribution in [-0.4, -0.2) is 44.1 Å². The van der Waals surface area contributed by atoms with Crippen LogP contribution in [0.5, 0.6) is 11.5 Å². The molecule has 1 amide bonds. The summed E-state index contributed by atoms with van der Waals surface area (Å²) in [6, 6.07) is 5.69. The fourth-order valence-electron chi connectivity index (χ4n) is 3.36. The van der Waals surface area contributed by atoms with Crippen LogP contribution in [0.15, 0.2) is 18.2 Å². The highest BCUT2D eigenvalue weighted by Gasteiger charge is 2.24. The number of carbonyl (C=O) groups excluding carboxylic acids is 2. The van der Waals surface area contributed by atoms with Crippen molar-refractivity contribution >= 4 is 23.2 Å². The number of hydrogen-bond donors (Lipinski definition) is 0. The Balaban J connectivity index is 1.62. The van der Waals surface area contributed by atoms with E-state index >= 15 is 0 Å². The molecule has 0 aliphatic carbocycles. The Hall–Kier alpha value is -2.54. The normalized spacial score (nSPS) is 13.1. The average Bonchev–Trinajstić information content (AvgIpc) is 3.10. The van der Waals surface area contributed by atoms with Crippen molar-refractivity contribution in [3.63, 3.8) is 0 Å². The Labute approximate surface area is 169 Å². The highest BCUT2D eigenvalue weighted by Crippen LogP contribution is 2.33. The van der Waals surface area contributed by atoms with E-state index in [1.807, 2.05) is 25.1 Å². The van der Waals surface area contributed by atoms with Crippen LogP contribution in [-0.2, 0) is 28.9 Å². The van der Waals surface area contributed by atoms with Gasteiger partial charge in [-0.25, -0.2) is 4.79 Å². The van der Waals surface area contributed by atoms with Crippen LogP contribution in [0.1, 0.15) is 38.2 Å². The Morgan fingerprint density at radius 3 is 2.39 bits per heavy atom. The van der Waals surface area contributed by atoms with Crippen LogP contribution in [0.4, 0.5) is 0 Å². The molecule has 0 radical (unpaired) electrons. The number of ether oxygens (including phenoxy) is 3. The molecule has 7 heteroatoms. The van der Waals surface area contributed by atoms with E-state index in [2.05, 4.69) is 6.92 Å². The second-order valence-corrected chi connectivity index (χ2v) is 7.82. The molecule has 0 unspecified atom stereocenters. The molecule has 1 aromatic heterocycles. The number of carbonyl (C=O) groups is 2. The fourth-order valence-corrected chi connectivity index (χ4v) is 4.36. The minimum atomic E-state index is -0.440. The minimum absolute atomic E-state index is 0.197. The second-order valence-electron chi connectivity index (χ2n) is 6.69. The van der Waals surface area contributed by atoms with Crippen molar-refractivity contribution in [1.82, 2.24) is 4.90 Å². The van der Waals surface area contributed by atoms with Crippen molar-refractivity contribution in [2.75, 3.05) is 27.4 Å². The average molecular weight is 404 g/mol. The summed E-state index contributed by atoms with van der Waals surface area (Å²) in [6.45, 7) is 4.82. The molecule has 2 aromatic rings. The van der Waals surface area contributed by atoms with Gasteiger partial charge in [-0.05, 0) is 54.7 Å². The van der Waals surface area contributed by atoms with Gasteiger partial charge in [-0.2, -0.15) is 0 Å². The highest BCUT2D eigenvalue weighted by atomic mass is 32.1. The van der Waals surface area contributed by atoms with Gasteiger partial charge in [-0.1, -0.05) is 6.92 Å². The van der Waals surface area contributed by atoms with Gasteiger partial charge in [0.1, 0.15) is 4.88 Å². The summed E-state index contributed by atoms with van der Waals surface area (Å²) in [4.78, 5) is 28.2. The summed E-state index contributed by atoms with van der Waals surface area (Å²) in [7, 11) is 3.20. The van der Waals surface area contributed by atoms with Gasteiger partial charge in [0.25, 0.3) is 5.91 Å². The molecule has 3 rings (SSSR count). The summed E-state index contributed by atoms with van der Waals surface area (Å²) < 4.78 is 16.0. The molecule has 0 saturated carbocycles. The third-order valence-electron chi connectivity index (χ3n) is 4.94. The zero-order chi connectivity index (χ0) is 20.3. The first-order valence-corrected chi connectivity index (χ1v) is 10.1. The molecule has 0 fully saturated rings. The van der Waals surface area contributed by atoms with E-state index in [1.165, 1.54) is 11.3 Å². The largest absolute Gasteiger partial charge is 0.493 e. The quantitative estimate of drug-likeness (QED) is 0.692. The van der Waals surface area contributed by atoms with E-state index in [9.17, 15) is 9.59 Å². The fraction of sp³-hybridized carbons (Fsp3) is 0.429.